The largest absolute Gasteiger partial charge is 0.311 e. The van der Waals surface area contributed by atoms with E-state index in [2.05, 4.69) is 25.9 Å². The smallest absolute Gasteiger partial charge is 0.226 e. The van der Waals surface area contributed by atoms with E-state index in [4.69, 9.17) is 0 Å². The lowest BCUT2D eigenvalue weighted by molar-refractivity contribution is -0.117. The SMILES string of the molecule is O=C(CC1CC2CCC(C1)N2)Nc1nc(CN2CCCCC2)cs1. The molecular formula is C18H28N4OS. The van der Waals surface area contributed by atoms with Crippen LogP contribution in [-0.4, -0.2) is 41.0 Å². The maximum absolute atomic E-state index is 12.3. The molecule has 3 fully saturated rings. The highest BCUT2D eigenvalue weighted by Crippen LogP contribution is 2.33. The first-order chi connectivity index (χ1) is 11.7. The summed E-state index contributed by atoms with van der Waals surface area (Å²) in [6.07, 6.45) is 9.48. The van der Waals surface area contributed by atoms with Crippen molar-refractivity contribution in [3.8, 4) is 0 Å². The molecule has 1 aromatic heterocycles. The van der Waals surface area contributed by atoms with Crippen molar-refractivity contribution in [3.63, 3.8) is 0 Å². The first-order valence-electron chi connectivity index (χ1n) is 9.47. The van der Waals surface area contributed by atoms with Gasteiger partial charge >= 0.3 is 0 Å². The van der Waals surface area contributed by atoms with Gasteiger partial charge in [-0.1, -0.05) is 6.42 Å². The summed E-state index contributed by atoms with van der Waals surface area (Å²) < 4.78 is 0. The summed E-state index contributed by atoms with van der Waals surface area (Å²) in [6.45, 7) is 3.28. The Morgan fingerprint density at radius 2 is 2.00 bits per heavy atom. The van der Waals surface area contributed by atoms with E-state index in [0.29, 0.717) is 24.4 Å². The third-order valence-corrected chi connectivity index (χ3v) is 6.48. The van der Waals surface area contributed by atoms with Crippen LogP contribution in [0.25, 0.3) is 0 Å². The van der Waals surface area contributed by atoms with Crippen LogP contribution >= 0.6 is 11.3 Å². The Bertz CT molecular complexity index is 557. The van der Waals surface area contributed by atoms with E-state index < -0.39 is 0 Å². The normalized spacial score (nSPS) is 30.4. The first kappa shape index (κ1) is 16.5. The van der Waals surface area contributed by atoms with Gasteiger partial charge in [0, 0.05) is 30.4 Å². The van der Waals surface area contributed by atoms with E-state index >= 15 is 0 Å². The van der Waals surface area contributed by atoms with Crippen molar-refractivity contribution in [2.45, 2.75) is 70.0 Å². The molecule has 2 atom stereocenters. The number of rotatable bonds is 5. The third kappa shape index (κ3) is 4.16. The van der Waals surface area contributed by atoms with Gasteiger partial charge in [-0.25, -0.2) is 4.98 Å². The first-order valence-corrected chi connectivity index (χ1v) is 10.4. The summed E-state index contributed by atoms with van der Waals surface area (Å²) in [5.41, 5.74) is 1.09. The lowest BCUT2D eigenvalue weighted by Gasteiger charge is -2.28. The molecule has 0 spiro atoms. The second-order valence-electron chi connectivity index (χ2n) is 7.71. The number of carbonyl (C=O) groups is 1. The Kier molecular flexibility index (Phi) is 5.15. The predicted molar refractivity (Wildman–Crippen MR) is 97.2 cm³/mol. The van der Waals surface area contributed by atoms with E-state index in [1.54, 1.807) is 11.3 Å². The minimum Gasteiger partial charge on any atom is -0.311 e. The Hall–Kier alpha value is -0.980. The number of carbonyl (C=O) groups excluding carboxylic acids is 1. The van der Waals surface area contributed by atoms with Crippen LogP contribution in [-0.2, 0) is 11.3 Å². The highest BCUT2D eigenvalue weighted by atomic mass is 32.1. The van der Waals surface area contributed by atoms with Gasteiger partial charge in [0.25, 0.3) is 0 Å². The number of nitrogens with one attached hydrogen (secondary N) is 2. The number of nitrogens with zero attached hydrogens (tertiary/aromatic N) is 2. The molecule has 0 saturated carbocycles. The van der Waals surface area contributed by atoms with E-state index in [0.717, 1.165) is 30.2 Å². The molecule has 5 nitrogen and oxygen atoms in total. The summed E-state index contributed by atoms with van der Waals surface area (Å²) in [6, 6.07) is 1.30. The van der Waals surface area contributed by atoms with Crippen LogP contribution in [0.4, 0.5) is 5.13 Å². The lowest BCUT2D eigenvalue weighted by Crippen LogP contribution is -2.39. The van der Waals surface area contributed by atoms with Crippen molar-refractivity contribution in [1.29, 1.82) is 0 Å². The summed E-state index contributed by atoms with van der Waals surface area (Å²) in [5.74, 6) is 0.678. The molecule has 1 aromatic rings. The number of fused-ring (bicyclic) bond motifs is 2. The average molecular weight is 349 g/mol. The summed E-state index contributed by atoms with van der Waals surface area (Å²) >= 11 is 1.56. The van der Waals surface area contributed by atoms with Crippen molar-refractivity contribution >= 4 is 22.4 Å². The van der Waals surface area contributed by atoms with E-state index in [-0.39, 0.29) is 5.91 Å². The fourth-order valence-electron chi connectivity index (χ4n) is 4.56. The molecule has 2 N–H and O–H groups in total. The third-order valence-electron chi connectivity index (χ3n) is 5.68. The zero-order chi connectivity index (χ0) is 16.4. The van der Waals surface area contributed by atoms with Gasteiger partial charge in [0.2, 0.25) is 5.91 Å². The minimum atomic E-state index is 0.139. The Balaban J connectivity index is 1.25. The molecule has 0 aliphatic carbocycles. The zero-order valence-electron chi connectivity index (χ0n) is 14.3. The fraction of sp³-hybridized carbons (Fsp3) is 0.778. The van der Waals surface area contributed by atoms with Gasteiger partial charge in [-0.3, -0.25) is 9.69 Å². The van der Waals surface area contributed by atoms with Gasteiger partial charge in [0.1, 0.15) is 0 Å². The van der Waals surface area contributed by atoms with Crippen LogP contribution in [0.1, 0.15) is 57.1 Å². The Morgan fingerprint density at radius 1 is 1.25 bits per heavy atom. The molecule has 3 aliphatic rings. The predicted octanol–water partition coefficient (Wildman–Crippen LogP) is 2.99. The summed E-state index contributed by atoms with van der Waals surface area (Å²) in [5, 5.41) is 9.52. The van der Waals surface area contributed by atoms with Crippen molar-refractivity contribution < 1.29 is 4.79 Å². The van der Waals surface area contributed by atoms with Gasteiger partial charge in [-0.2, -0.15) is 0 Å². The molecule has 3 aliphatic heterocycles. The van der Waals surface area contributed by atoms with Crippen molar-refractivity contribution in [1.82, 2.24) is 15.2 Å². The molecule has 0 aromatic carbocycles. The number of likely N-dealkylation sites (tertiary alicyclic amines) is 1. The van der Waals surface area contributed by atoms with Crippen LogP contribution in [0.5, 0.6) is 0 Å². The Labute approximate surface area is 148 Å². The second-order valence-corrected chi connectivity index (χ2v) is 8.57. The van der Waals surface area contributed by atoms with E-state index in [9.17, 15) is 4.79 Å². The van der Waals surface area contributed by atoms with E-state index in [1.807, 2.05) is 0 Å². The monoisotopic (exact) mass is 348 g/mol. The maximum atomic E-state index is 12.3. The van der Waals surface area contributed by atoms with Gasteiger partial charge in [-0.15, -0.1) is 11.3 Å². The molecule has 24 heavy (non-hydrogen) atoms. The highest BCUT2D eigenvalue weighted by Gasteiger charge is 2.34. The minimum absolute atomic E-state index is 0.139. The number of hydrogen-bond donors (Lipinski definition) is 2. The van der Waals surface area contributed by atoms with Crippen LogP contribution < -0.4 is 10.6 Å². The van der Waals surface area contributed by atoms with Crippen LogP contribution in [0.2, 0.25) is 0 Å². The van der Waals surface area contributed by atoms with Crippen molar-refractivity contribution in [2.75, 3.05) is 18.4 Å². The molecule has 2 bridgehead atoms. The number of amides is 1. The molecule has 4 rings (SSSR count). The topological polar surface area (TPSA) is 57.3 Å². The lowest BCUT2D eigenvalue weighted by atomic mass is 9.89. The maximum Gasteiger partial charge on any atom is 0.226 e. The number of thiazole rings is 1. The number of piperidine rings is 2. The molecule has 0 radical (unpaired) electrons. The molecule has 3 saturated heterocycles. The van der Waals surface area contributed by atoms with Crippen LogP contribution in [0.15, 0.2) is 5.38 Å². The molecular weight excluding hydrogens is 320 g/mol. The molecule has 132 valence electrons. The highest BCUT2D eigenvalue weighted by molar-refractivity contribution is 7.13. The average Bonchev–Trinajstić information content (AvgIpc) is 3.14. The molecule has 4 heterocycles. The standard InChI is InChI=1S/C18H28N4OS/c23-17(10-13-8-14-4-5-15(9-13)19-14)21-18-20-16(12-24-18)11-22-6-2-1-3-7-22/h12-15,19H,1-11H2,(H,20,21,23). The van der Waals surface area contributed by atoms with Crippen LogP contribution in [0.3, 0.4) is 0 Å². The summed E-state index contributed by atoms with van der Waals surface area (Å²) in [7, 11) is 0. The van der Waals surface area contributed by atoms with Crippen LogP contribution in [0, 0.1) is 5.92 Å². The second kappa shape index (κ2) is 7.50. The quantitative estimate of drug-likeness (QED) is 0.859. The number of anilines is 1. The van der Waals surface area contributed by atoms with Crippen molar-refractivity contribution in [2.24, 2.45) is 5.92 Å². The molecule has 2 unspecified atom stereocenters. The number of aromatic nitrogens is 1. The Morgan fingerprint density at radius 3 is 2.75 bits per heavy atom. The fourth-order valence-corrected chi connectivity index (χ4v) is 5.28. The molecule has 6 heteroatoms. The molecule has 1 amide bonds. The van der Waals surface area contributed by atoms with Gasteiger partial charge < -0.3 is 10.6 Å². The van der Waals surface area contributed by atoms with Gasteiger partial charge in [0.05, 0.1) is 5.69 Å². The van der Waals surface area contributed by atoms with Gasteiger partial charge in [-0.05, 0) is 57.5 Å². The zero-order valence-corrected chi connectivity index (χ0v) is 15.1. The summed E-state index contributed by atoms with van der Waals surface area (Å²) in [4.78, 5) is 19.4. The van der Waals surface area contributed by atoms with Crippen molar-refractivity contribution in [3.05, 3.63) is 11.1 Å². The van der Waals surface area contributed by atoms with Gasteiger partial charge in [0.15, 0.2) is 5.13 Å². The number of hydrogen-bond acceptors (Lipinski definition) is 5. The van der Waals surface area contributed by atoms with E-state index in [1.165, 1.54) is 45.2 Å².